The largest absolute Gasteiger partial charge is 0.457 e. The normalized spacial score (nSPS) is 12.2. The lowest BCUT2D eigenvalue weighted by atomic mass is 10.0. The van der Waals surface area contributed by atoms with Crippen LogP contribution in [0.3, 0.4) is 0 Å². The van der Waals surface area contributed by atoms with Gasteiger partial charge in [0.15, 0.2) is 0 Å². The molecule has 0 saturated heterocycles. The molecule has 2 aromatic carbocycles. The van der Waals surface area contributed by atoms with Gasteiger partial charge >= 0.3 is 0 Å². The van der Waals surface area contributed by atoms with Crippen LogP contribution in [0.5, 0.6) is 11.5 Å². The van der Waals surface area contributed by atoms with E-state index in [4.69, 9.17) is 22.1 Å². The highest BCUT2D eigenvalue weighted by atomic mass is 35.5. The van der Waals surface area contributed by atoms with Crippen LogP contribution in [-0.4, -0.2) is 6.04 Å². The number of rotatable bonds is 4. The van der Waals surface area contributed by atoms with Crippen molar-refractivity contribution in [2.75, 3.05) is 0 Å². The van der Waals surface area contributed by atoms with E-state index in [1.807, 2.05) is 44.2 Å². The van der Waals surface area contributed by atoms with Crippen molar-refractivity contribution in [3.05, 3.63) is 58.6 Å². The molecule has 19 heavy (non-hydrogen) atoms. The highest BCUT2D eigenvalue weighted by molar-refractivity contribution is 6.30. The number of halogens is 1. The van der Waals surface area contributed by atoms with Crippen molar-refractivity contribution in [2.24, 2.45) is 5.73 Å². The first-order valence-corrected chi connectivity index (χ1v) is 6.71. The second-order valence-electron chi connectivity index (χ2n) is 4.84. The fourth-order valence-corrected chi connectivity index (χ4v) is 2.08. The molecule has 0 bridgehead atoms. The molecule has 0 heterocycles. The van der Waals surface area contributed by atoms with Gasteiger partial charge in [-0.2, -0.15) is 0 Å². The quantitative estimate of drug-likeness (QED) is 0.901. The zero-order valence-electron chi connectivity index (χ0n) is 11.2. The lowest BCUT2D eigenvalue weighted by Crippen LogP contribution is -2.17. The number of hydrogen-bond donors (Lipinski definition) is 1. The van der Waals surface area contributed by atoms with Crippen LogP contribution in [-0.2, 0) is 6.42 Å². The zero-order valence-corrected chi connectivity index (χ0v) is 11.9. The van der Waals surface area contributed by atoms with Gasteiger partial charge in [0.05, 0.1) is 0 Å². The van der Waals surface area contributed by atoms with Crippen LogP contribution in [0.1, 0.15) is 18.1 Å². The van der Waals surface area contributed by atoms with Gasteiger partial charge in [0.25, 0.3) is 0 Å². The molecule has 3 heteroatoms. The van der Waals surface area contributed by atoms with Crippen molar-refractivity contribution in [1.29, 1.82) is 0 Å². The van der Waals surface area contributed by atoms with E-state index in [1.165, 1.54) is 5.56 Å². The summed E-state index contributed by atoms with van der Waals surface area (Å²) >= 11 is 5.85. The number of aryl methyl sites for hydroxylation is 1. The van der Waals surface area contributed by atoms with Crippen LogP contribution in [0.2, 0.25) is 5.02 Å². The van der Waals surface area contributed by atoms with Gasteiger partial charge in [0.1, 0.15) is 11.5 Å². The van der Waals surface area contributed by atoms with Crippen LogP contribution in [0.4, 0.5) is 0 Å². The summed E-state index contributed by atoms with van der Waals surface area (Å²) in [6, 6.07) is 13.7. The lowest BCUT2D eigenvalue weighted by Gasteiger charge is -2.11. The molecule has 1 unspecified atom stereocenters. The SMILES string of the molecule is Cc1cc(CC(C)N)ccc1Oc1ccc(Cl)cc1. The summed E-state index contributed by atoms with van der Waals surface area (Å²) in [7, 11) is 0. The van der Waals surface area contributed by atoms with Crippen LogP contribution in [0.25, 0.3) is 0 Å². The summed E-state index contributed by atoms with van der Waals surface area (Å²) in [6.07, 6.45) is 0.877. The maximum atomic E-state index is 5.85. The zero-order chi connectivity index (χ0) is 13.8. The molecular weight excluding hydrogens is 258 g/mol. The number of nitrogens with two attached hydrogens (primary N) is 1. The second-order valence-corrected chi connectivity index (χ2v) is 5.27. The van der Waals surface area contributed by atoms with Gasteiger partial charge in [0.2, 0.25) is 0 Å². The third kappa shape index (κ3) is 3.98. The Morgan fingerprint density at radius 3 is 2.42 bits per heavy atom. The molecule has 2 N–H and O–H groups in total. The second kappa shape index (κ2) is 6.09. The van der Waals surface area contributed by atoms with E-state index < -0.39 is 0 Å². The maximum Gasteiger partial charge on any atom is 0.130 e. The molecule has 0 aliphatic carbocycles. The summed E-state index contributed by atoms with van der Waals surface area (Å²) in [5, 5.41) is 0.705. The van der Waals surface area contributed by atoms with Crippen LogP contribution < -0.4 is 10.5 Å². The molecule has 0 aromatic heterocycles. The lowest BCUT2D eigenvalue weighted by molar-refractivity contribution is 0.478. The summed E-state index contributed by atoms with van der Waals surface area (Å²) in [5.41, 5.74) is 8.14. The predicted octanol–water partition coefficient (Wildman–Crippen LogP) is 4.33. The molecule has 0 aliphatic rings. The van der Waals surface area contributed by atoms with E-state index in [1.54, 1.807) is 0 Å². The summed E-state index contributed by atoms with van der Waals surface area (Å²) in [5.74, 6) is 1.64. The van der Waals surface area contributed by atoms with Gasteiger partial charge in [-0.3, -0.25) is 0 Å². The van der Waals surface area contributed by atoms with Crippen molar-refractivity contribution in [1.82, 2.24) is 0 Å². The minimum absolute atomic E-state index is 0.169. The molecule has 0 aliphatic heterocycles. The minimum atomic E-state index is 0.169. The fourth-order valence-electron chi connectivity index (χ4n) is 1.95. The van der Waals surface area contributed by atoms with Crippen molar-refractivity contribution >= 4 is 11.6 Å². The van der Waals surface area contributed by atoms with E-state index in [-0.39, 0.29) is 6.04 Å². The minimum Gasteiger partial charge on any atom is -0.457 e. The number of hydrogen-bond acceptors (Lipinski definition) is 2. The van der Waals surface area contributed by atoms with Gasteiger partial charge in [-0.05, 0) is 61.7 Å². The Bertz CT molecular complexity index is 549. The summed E-state index contributed by atoms with van der Waals surface area (Å²) in [4.78, 5) is 0. The Hall–Kier alpha value is -1.51. The van der Waals surface area contributed by atoms with Crippen molar-refractivity contribution < 1.29 is 4.74 Å². The van der Waals surface area contributed by atoms with Crippen molar-refractivity contribution in [3.8, 4) is 11.5 Å². The van der Waals surface area contributed by atoms with E-state index in [9.17, 15) is 0 Å². The van der Waals surface area contributed by atoms with Crippen molar-refractivity contribution in [2.45, 2.75) is 26.3 Å². The van der Waals surface area contributed by atoms with Crippen LogP contribution >= 0.6 is 11.6 Å². The first kappa shape index (κ1) is 13.9. The maximum absolute atomic E-state index is 5.85. The molecule has 0 spiro atoms. The molecule has 1 atom stereocenters. The molecule has 2 aromatic rings. The Kier molecular flexibility index (Phi) is 4.46. The molecule has 0 radical (unpaired) electrons. The third-order valence-corrected chi connectivity index (χ3v) is 3.09. The number of ether oxygens (including phenoxy) is 1. The summed E-state index contributed by atoms with van der Waals surface area (Å²) < 4.78 is 5.83. The van der Waals surface area contributed by atoms with Crippen molar-refractivity contribution in [3.63, 3.8) is 0 Å². The van der Waals surface area contributed by atoms with E-state index in [0.29, 0.717) is 5.02 Å². The van der Waals surface area contributed by atoms with E-state index in [2.05, 4.69) is 12.1 Å². The van der Waals surface area contributed by atoms with Crippen LogP contribution in [0.15, 0.2) is 42.5 Å². The summed E-state index contributed by atoms with van der Waals surface area (Å²) in [6.45, 7) is 4.05. The Balaban J connectivity index is 2.15. The number of benzene rings is 2. The monoisotopic (exact) mass is 275 g/mol. The standard InChI is InChI=1S/C16H18ClNO/c1-11-9-13(10-12(2)18)3-8-16(11)19-15-6-4-14(17)5-7-15/h3-9,12H,10,18H2,1-2H3. The molecule has 0 fully saturated rings. The highest BCUT2D eigenvalue weighted by Crippen LogP contribution is 2.27. The van der Waals surface area contributed by atoms with E-state index >= 15 is 0 Å². The Morgan fingerprint density at radius 2 is 1.84 bits per heavy atom. The highest BCUT2D eigenvalue weighted by Gasteiger charge is 2.04. The Labute approximate surface area is 119 Å². The molecule has 100 valence electrons. The predicted molar refractivity (Wildman–Crippen MR) is 80.1 cm³/mol. The average Bonchev–Trinajstić information content (AvgIpc) is 2.34. The molecular formula is C16H18ClNO. The third-order valence-electron chi connectivity index (χ3n) is 2.84. The van der Waals surface area contributed by atoms with Crippen LogP contribution in [0, 0.1) is 6.92 Å². The Morgan fingerprint density at radius 1 is 1.16 bits per heavy atom. The van der Waals surface area contributed by atoms with Gasteiger partial charge < -0.3 is 10.5 Å². The van der Waals surface area contributed by atoms with Gasteiger partial charge in [-0.25, -0.2) is 0 Å². The molecule has 0 amide bonds. The first-order valence-electron chi connectivity index (χ1n) is 6.33. The van der Waals surface area contributed by atoms with E-state index in [0.717, 1.165) is 23.5 Å². The smallest absolute Gasteiger partial charge is 0.130 e. The fraction of sp³-hybridized carbons (Fsp3) is 0.250. The van der Waals surface area contributed by atoms with Gasteiger partial charge in [-0.1, -0.05) is 23.7 Å². The molecule has 0 saturated carbocycles. The average molecular weight is 276 g/mol. The first-order chi connectivity index (χ1) is 9.04. The van der Waals surface area contributed by atoms with Gasteiger partial charge in [0, 0.05) is 11.1 Å². The topological polar surface area (TPSA) is 35.2 Å². The molecule has 2 rings (SSSR count). The molecule has 2 nitrogen and oxygen atoms in total. The van der Waals surface area contributed by atoms with Gasteiger partial charge in [-0.15, -0.1) is 0 Å².